The van der Waals surface area contributed by atoms with Gasteiger partial charge in [-0.25, -0.2) is 0 Å². The highest BCUT2D eigenvalue weighted by atomic mass is 19.3. The second-order valence-electron chi connectivity index (χ2n) is 9.79. The molecule has 40 heavy (non-hydrogen) atoms. The Morgan fingerprint density at radius 1 is 1.05 bits per heavy atom. The van der Waals surface area contributed by atoms with E-state index < -0.39 is 18.0 Å². The summed E-state index contributed by atoms with van der Waals surface area (Å²) in [6, 6.07) is 12.7. The molecule has 2 atom stereocenters. The van der Waals surface area contributed by atoms with Crippen molar-refractivity contribution in [1.82, 2.24) is 4.90 Å². The summed E-state index contributed by atoms with van der Waals surface area (Å²) in [5.41, 5.74) is 0.229. The van der Waals surface area contributed by atoms with E-state index >= 15 is 8.78 Å². The molecule has 1 fully saturated rings. The van der Waals surface area contributed by atoms with Gasteiger partial charge in [0.1, 0.15) is 5.75 Å². The van der Waals surface area contributed by atoms with Gasteiger partial charge in [-0.15, -0.1) is 0 Å². The number of likely N-dealkylation sites (tertiary alicyclic amines) is 1. The number of aromatic hydroxyl groups is 1. The zero-order valence-electron chi connectivity index (χ0n) is 22.8. The molecule has 1 aliphatic rings. The van der Waals surface area contributed by atoms with E-state index in [0.29, 0.717) is 44.4 Å². The third kappa shape index (κ3) is 9.17. The van der Waals surface area contributed by atoms with E-state index in [4.69, 9.17) is 9.47 Å². The minimum Gasteiger partial charge on any atom is -0.508 e. The van der Waals surface area contributed by atoms with E-state index in [-0.39, 0.29) is 35.7 Å². The highest BCUT2D eigenvalue weighted by Crippen LogP contribution is 2.35. The molecule has 0 unspecified atom stereocenters. The standard InChI is InChI=1S/C31H37F2NO6/c1-2-39-29(37)12-8-3-4-9-21-34-25(16-20-28(34)36)15-19-27(31(32,33)24-10-6-5-7-11-24)40-30(38)22-23-13-17-26(35)18-14-23/h5-7,10-11,13-15,17-19,25,27,35H,2-4,8-9,12,16,20-22H2,1H3/t25-,27+/m0/s1. The Hall–Kier alpha value is -3.75. The fraction of sp³-hybridized carbons (Fsp3) is 0.452. The van der Waals surface area contributed by atoms with Crippen LogP contribution in [0.5, 0.6) is 5.75 Å². The van der Waals surface area contributed by atoms with Crippen LogP contribution in [0.25, 0.3) is 0 Å². The molecule has 7 nitrogen and oxygen atoms in total. The van der Waals surface area contributed by atoms with Crippen molar-refractivity contribution in [2.75, 3.05) is 13.2 Å². The molecule has 0 radical (unpaired) electrons. The molecule has 1 heterocycles. The first kappa shape index (κ1) is 30.8. The lowest BCUT2D eigenvalue weighted by Crippen LogP contribution is -2.36. The van der Waals surface area contributed by atoms with Crippen LogP contribution in [0.2, 0.25) is 0 Å². The molecule has 0 spiro atoms. The number of rotatable bonds is 15. The highest BCUT2D eigenvalue weighted by Gasteiger charge is 2.43. The lowest BCUT2D eigenvalue weighted by atomic mass is 10.0. The fourth-order valence-corrected chi connectivity index (χ4v) is 4.64. The van der Waals surface area contributed by atoms with Gasteiger partial charge >= 0.3 is 17.9 Å². The number of alkyl halides is 2. The zero-order valence-corrected chi connectivity index (χ0v) is 22.8. The predicted octanol–water partition coefficient (Wildman–Crippen LogP) is 5.70. The van der Waals surface area contributed by atoms with Gasteiger partial charge in [0.15, 0.2) is 6.10 Å². The fourth-order valence-electron chi connectivity index (χ4n) is 4.64. The minimum absolute atomic E-state index is 0.0286. The van der Waals surface area contributed by atoms with Crippen molar-refractivity contribution in [3.8, 4) is 5.75 Å². The Labute approximate surface area is 233 Å². The second-order valence-corrected chi connectivity index (χ2v) is 9.79. The monoisotopic (exact) mass is 557 g/mol. The molecule has 0 aromatic heterocycles. The van der Waals surface area contributed by atoms with Crippen molar-refractivity contribution in [2.24, 2.45) is 0 Å². The number of nitrogens with zero attached hydrogens (tertiary/aromatic N) is 1. The number of esters is 2. The molecule has 1 saturated heterocycles. The Morgan fingerprint density at radius 3 is 2.45 bits per heavy atom. The molecular weight excluding hydrogens is 520 g/mol. The summed E-state index contributed by atoms with van der Waals surface area (Å²) >= 11 is 0. The lowest BCUT2D eigenvalue weighted by Gasteiger charge is -2.27. The maximum Gasteiger partial charge on any atom is 0.312 e. The molecule has 0 bridgehead atoms. The number of ether oxygens (including phenoxy) is 2. The van der Waals surface area contributed by atoms with Crippen LogP contribution in [-0.2, 0) is 36.2 Å². The van der Waals surface area contributed by atoms with Crippen molar-refractivity contribution >= 4 is 17.8 Å². The molecule has 1 aliphatic heterocycles. The second kappa shape index (κ2) is 15.1. The quantitative estimate of drug-likeness (QED) is 0.172. The maximum atomic E-state index is 15.6. The van der Waals surface area contributed by atoms with Gasteiger partial charge in [0, 0.05) is 24.9 Å². The molecule has 1 N–H and O–H groups in total. The Kier molecular flexibility index (Phi) is 11.7. The van der Waals surface area contributed by atoms with Gasteiger partial charge in [0.2, 0.25) is 5.91 Å². The molecule has 0 saturated carbocycles. The van der Waals surface area contributed by atoms with Crippen molar-refractivity contribution in [2.45, 2.75) is 76.4 Å². The van der Waals surface area contributed by atoms with Gasteiger partial charge in [-0.1, -0.05) is 61.4 Å². The molecule has 1 amide bonds. The minimum atomic E-state index is -3.51. The highest BCUT2D eigenvalue weighted by molar-refractivity contribution is 5.79. The summed E-state index contributed by atoms with van der Waals surface area (Å²) in [6.45, 7) is 2.61. The summed E-state index contributed by atoms with van der Waals surface area (Å²) in [6.07, 6.45) is 4.88. The molecule has 3 rings (SSSR count). The first-order chi connectivity index (χ1) is 19.2. The average Bonchev–Trinajstić information content (AvgIpc) is 3.29. The van der Waals surface area contributed by atoms with E-state index in [9.17, 15) is 19.5 Å². The summed E-state index contributed by atoms with van der Waals surface area (Å²) in [5, 5.41) is 9.44. The van der Waals surface area contributed by atoms with Gasteiger partial charge in [-0.05, 0) is 50.0 Å². The summed E-state index contributed by atoms with van der Waals surface area (Å²) in [5.74, 6) is -4.57. The van der Waals surface area contributed by atoms with Gasteiger partial charge in [0.25, 0.3) is 0 Å². The normalized spacial score (nSPS) is 16.3. The van der Waals surface area contributed by atoms with Crippen molar-refractivity contribution in [3.63, 3.8) is 0 Å². The largest absolute Gasteiger partial charge is 0.508 e. The Morgan fingerprint density at radius 2 is 1.75 bits per heavy atom. The zero-order chi connectivity index (χ0) is 29.0. The van der Waals surface area contributed by atoms with E-state index in [0.717, 1.165) is 19.3 Å². The van der Waals surface area contributed by atoms with Crippen LogP contribution in [0.3, 0.4) is 0 Å². The number of carbonyl (C=O) groups excluding carboxylic acids is 3. The molecular formula is C31H37F2NO6. The maximum absolute atomic E-state index is 15.6. The van der Waals surface area contributed by atoms with E-state index in [1.165, 1.54) is 54.6 Å². The van der Waals surface area contributed by atoms with Crippen LogP contribution >= 0.6 is 0 Å². The third-order valence-electron chi connectivity index (χ3n) is 6.78. The summed E-state index contributed by atoms with van der Waals surface area (Å²) in [4.78, 5) is 38.3. The van der Waals surface area contributed by atoms with Gasteiger partial charge < -0.3 is 19.5 Å². The number of carbonyl (C=O) groups is 3. The third-order valence-corrected chi connectivity index (χ3v) is 6.78. The number of hydrogen-bond acceptors (Lipinski definition) is 6. The number of halogens is 2. The summed E-state index contributed by atoms with van der Waals surface area (Å²) < 4.78 is 41.4. The first-order valence-corrected chi connectivity index (χ1v) is 13.7. The molecule has 2 aromatic rings. The first-order valence-electron chi connectivity index (χ1n) is 13.7. The molecule has 9 heteroatoms. The number of amides is 1. The lowest BCUT2D eigenvalue weighted by molar-refractivity contribution is -0.167. The van der Waals surface area contributed by atoms with Gasteiger partial charge in [0.05, 0.1) is 19.1 Å². The van der Waals surface area contributed by atoms with Crippen LogP contribution in [-0.4, -0.2) is 53.1 Å². The average molecular weight is 558 g/mol. The summed E-state index contributed by atoms with van der Waals surface area (Å²) in [7, 11) is 0. The number of unbranched alkanes of at least 4 members (excludes halogenated alkanes) is 3. The van der Waals surface area contributed by atoms with Gasteiger partial charge in [-0.3, -0.25) is 14.4 Å². The predicted molar refractivity (Wildman–Crippen MR) is 146 cm³/mol. The van der Waals surface area contributed by atoms with Gasteiger partial charge in [-0.2, -0.15) is 8.78 Å². The number of hydrogen-bond donors (Lipinski definition) is 1. The Bertz CT molecular complexity index is 1140. The van der Waals surface area contributed by atoms with E-state index in [1.807, 2.05) is 0 Å². The van der Waals surface area contributed by atoms with Crippen LogP contribution in [0.15, 0.2) is 66.7 Å². The smallest absolute Gasteiger partial charge is 0.312 e. The van der Waals surface area contributed by atoms with Crippen LogP contribution in [0, 0.1) is 0 Å². The number of phenols is 1. The molecule has 0 aliphatic carbocycles. The van der Waals surface area contributed by atoms with Crippen molar-refractivity contribution in [3.05, 3.63) is 77.9 Å². The molecule has 2 aromatic carbocycles. The number of phenolic OH excluding ortho intramolecular Hbond substituents is 1. The van der Waals surface area contributed by atoms with Crippen LogP contribution < -0.4 is 0 Å². The Balaban J connectivity index is 1.65. The number of benzene rings is 2. The molecule has 216 valence electrons. The SMILES string of the molecule is CCOC(=O)CCCCCCN1C(=O)CC[C@@H]1C=C[C@@H](OC(=O)Cc1ccc(O)cc1)C(F)(F)c1ccccc1. The van der Waals surface area contributed by atoms with Crippen molar-refractivity contribution < 1.29 is 37.7 Å². The van der Waals surface area contributed by atoms with Crippen LogP contribution in [0.4, 0.5) is 8.78 Å². The topological polar surface area (TPSA) is 93.1 Å². The van der Waals surface area contributed by atoms with E-state index in [1.54, 1.807) is 24.0 Å². The van der Waals surface area contributed by atoms with Crippen molar-refractivity contribution in [1.29, 1.82) is 0 Å². The van der Waals surface area contributed by atoms with E-state index in [2.05, 4.69) is 0 Å². The van der Waals surface area contributed by atoms with Crippen LogP contribution in [0.1, 0.15) is 63.0 Å².